The first-order valence-electron chi connectivity index (χ1n) is 10.2. The van der Waals surface area contributed by atoms with E-state index in [2.05, 4.69) is 52.0 Å². The van der Waals surface area contributed by atoms with Gasteiger partial charge in [-0.3, -0.25) is 0 Å². The van der Waals surface area contributed by atoms with Crippen molar-refractivity contribution in [1.29, 1.82) is 0 Å². The summed E-state index contributed by atoms with van der Waals surface area (Å²) in [4.78, 5) is 0. The standard InChI is InChI=1S/C24H36N2O2/c1-15-9-21(10-16(2)23(15)27-19(5)13-25)7-8-22-11-17(3)24(18(4)12-22)28-20(6)14-26/h9-12,19-20H,7-8,13-14,25-26H2,1-6H3. The van der Waals surface area contributed by atoms with E-state index < -0.39 is 0 Å². The molecule has 0 aliphatic heterocycles. The molecule has 0 aliphatic carbocycles. The number of hydrogen-bond donors (Lipinski definition) is 2. The highest BCUT2D eigenvalue weighted by molar-refractivity contribution is 5.45. The van der Waals surface area contributed by atoms with Crippen LogP contribution in [-0.2, 0) is 12.8 Å². The van der Waals surface area contributed by atoms with Crippen LogP contribution in [0.4, 0.5) is 0 Å². The SMILES string of the molecule is Cc1cc(CCc2cc(C)c(OC(C)CN)c(C)c2)cc(C)c1OC(C)CN. The van der Waals surface area contributed by atoms with Crippen LogP contribution in [0.3, 0.4) is 0 Å². The van der Waals surface area contributed by atoms with E-state index in [9.17, 15) is 0 Å². The quantitative estimate of drug-likeness (QED) is 0.681. The molecule has 0 amide bonds. The van der Waals surface area contributed by atoms with E-state index in [-0.39, 0.29) is 12.2 Å². The van der Waals surface area contributed by atoms with E-state index in [0.29, 0.717) is 13.1 Å². The molecule has 4 N–H and O–H groups in total. The third-order valence-electron chi connectivity index (χ3n) is 5.04. The number of rotatable bonds is 9. The molecule has 0 spiro atoms. The number of ether oxygens (including phenoxy) is 2. The zero-order valence-corrected chi connectivity index (χ0v) is 18.3. The Hall–Kier alpha value is -2.04. The van der Waals surface area contributed by atoms with Crippen LogP contribution in [0.25, 0.3) is 0 Å². The molecule has 0 aliphatic rings. The second-order valence-corrected chi connectivity index (χ2v) is 7.95. The maximum Gasteiger partial charge on any atom is 0.125 e. The zero-order chi connectivity index (χ0) is 20.8. The highest BCUT2D eigenvalue weighted by Crippen LogP contribution is 2.28. The second-order valence-electron chi connectivity index (χ2n) is 7.95. The van der Waals surface area contributed by atoms with E-state index in [1.165, 1.54) is 33.4 Å². The number of aryl methyl sites for hydroxylation is 6. The summed E-state index contributed by atoms with van der Waals surface area (Å²) in [6, 6.07) is 8.91. The van der Waals surface area contributed by atoms with Gasteiger partial charge < -0.3 is 20.9 Å². The second kappa shape index (κ2) is 9.94. The summed E-state index contributed by atoms with van der Waals surface area (Å²) in [7, 11) is 0. The van der Waals surface area contributed by atoms with Crippen LogP contribution in [-0.4, -0.2) is 25.3 Å². The summed E-state index contributed by atoms with van der Waals surface area (Å²) >= 11 is 0. The smallest absolute Gasteiger partial charge is 0.125 e. The van der Waals surface area contributed by atoms with Crippen LogP contribution in [0.2, 0.25) is 0 Å². The molecule has 2 aromatic rings. The van der Waals surface area contributed by atoms with Gasteiger partial charge in [0.05, 0.1) is 0 Å². The van der Waals surface area contributed by atoms with Crippen molar-refractivity contribution in [3.8, 4) is 11.5 Å². The van der Waals surface area contributed by atoms with Crippen molar-refractivity contribution in [2.24, 2.45) is 11.5 Å². The van der Waals surface area contributed by atoms with Crippen molar-refractivity contribution < 1.29 is 9.47 Å². The summed E-state index contributed by atoms with van der Waals surface area (Å²) in [5.74, 6) is 1.92. The van der Waals surface area contributed by atoms with Crippen molar-refractivity contribution in [1.82, 2.24) is 0 Å². The van der Waals surface area contributed by atoms with Crippen LogP contribution in [0.15, 0.2) is 24.3 Å². The molecule has 0 saturated carbocycles. The van der Waals surface area contributed by atoms with Crippen molar-refractivity contribution in [3.63, 3.8) is 0 Å². The van der Waals surface area contributed by atoms with Crippen LogP contribution in [0.5, 0.6) is 11.5 Å². The molecular weight excluding hydrogens is 348 g/mol. The lowest BCUT2D eigenvalue weighted by molar-refractivity contribution is 0.226. The van der Waals surface area contributed by atoms with Gasteiger partial charge in [-0.25, -0.2) is 0 Å². The average molecular weight is 385 g/mol. The van der Waals surface area contributed by atoms with Gasteiger partial charge in [0.15, 0.2) is 0 Å². The Kier molecular flexibility index (Phi) is 7.90. The minimum Gasteiger partial charge on any atom is -0.489 e. The molecule has 2 atom stereocenters. The van der Waals surface area contributed by atoms with Crippen LogP contribution in [0.1, 0.15) is 47.2 Å². The Morgan fingerprint density at radius 2 is 0.929 bits per heavy atom. The Morgan fingerprint density at radius 1 is 0.643 bits per heavy atom. The summed E-state index contributed by atoms with van der Waals surface area (Å²) in [6.45, 7) is 13.5. The lowest BCUT2D eigenvalue weighted by Crippen LogP contribution is -2.23. The monoisotopic (exact) mass is 384 g/mol. The molecule has 0 heterocycles. The summed E-state index contributed by atoms with van der Waals surface area (Å²) < 4.78 is 12.0. The van der Waals surface area contributed by atoms with E-state index in [4.69, 9.17) is 20.9 Å². The molecule has 0 fully saturated rings. The van der Waals surface area contributed by atoms with Gasteiger partial charge in [0.1, 0.15) is 23.7 Å². The molecule has 0 saturated heterocycles. The van der Waals surface area contributed by atoms with Gasteiger partial charge in [0, 0.05) is 13.1 Å². The molecule has 2 aromatic carbocycles. The highest BCUT2D eigenvalue weighted by Gasteiger charge is 2.12. The molecule has 2 unspecified atom stereocenters. The molecule has 4 heteroatoms. The number of hydrogen-bond acceptors (Lipinski definition) is 4. The Labute approximate surface area is 170 Å². The van der Waals surface area contributed by atoms with Gasteiger partial charge in [0.2, 0.25) is 0 Å². The normalized spacial score (nSPS) is 13.3. The molecule has 2 rings (SSSR count). The minimum atomic E-state index is 0.0249. The minimum absolute atomic E-state index is 0.0249. The summed E-state index contributed by atoms with van der Waals surface area (Å²) in [6.07, 6.45) is 2.04. The largest absolute Gasteiger partial charge is 0.489 e. The van der Waals surface area contributed by atoms with Crippen molar-refractivity contribution >= 4 is 0 Å². The van der Waals surface area contributed by atoms with Gasteiger partial charge in [0.25, 0.3) is 0 Å². The first kappa shape index (κ1) is 22.3. The molecular formula is C24H36N2O2. The van der Waals surface area contributed by atoms with Crippen LogP contribution < -0.4 is 20.9 Å². The zero-order valence-electron chi connectivity index (χ0n) is 18.3. The van der Waals surface area contributed by atoms with Crippen molar-refractivity contribution in [2.45, 2.75) is 66.6 Å². The topological polar surface area (TPSA) is 70.5 Å². The fourth-order valence-electron chi connectivity index (χ4n) is 3.53. The van der Waals surface area contributed by atoms with Gasteiger partial charge in [-0.2, -0.15) is 0 Å². The fourth-order valence-corrected chi connectivity index (χ4v) is 3.53. The van der Waals surface area contributed by atoms with E-state index in [1.54, 1.807) is 0 Å². The lowest BCUT2D eigenvalue weighted by atomic mass is 9.97. The molecule has 154 valence electrons. The first-order chi connectivity index (χ1) is 13.2. The Bertz CT molecular complexity index is 688. The average Bonchev–Trinajstić information content (AvgIpc) is 2.65. The molecule has 0 bridgehead atoms. The molecule has 28 heavy (non-hydrogen) atoms. The maximum absolute atomic E-state index is 5.98. The predicted molar refractivity (Wildman–Crippen MR) is 118 cm³/mol. The van der Waals surface area contributed by atoms with E-state index >= 15 is 0 Å². The highest BCUT2D eigenvalue weighted by atomic mass is 16.5. The van der Waals surface area contributed by atoms with Gasteiger partial charge in [-0.05, 0) is 87.8 Å². The number of nitrogens with two attached hydrogens (primary N) is 2. The van der Waals surface area contributed by atoms with Crippen molar-refractivity contribution in [3.05, 3.63) is 57.6 Å². The fraction of sp³-hybridized carbons (Fsp3) is 0.500. The van der Waals surface area contributed by atoms with Crippen molar-refractivity contribution in [2.75, 3.05) is 13.1 Å². The molecule has 4 nitrogen and oxygen atoms in total. The predicted octanol–water partition coefficient (Wildman–Crippen LogP) is 4.16. The number of benzene rings is 2. The summed E-state index contributed by atoms with van der Waals surface area (Å²) in [5.41, 5.74) is 18.7. The van der Waals surface area contributed by atoms with Gasteiger partial charge in [-0.15, -0.1) is 0 Å². The van der Waals surface area contributed by atoms with Crippen LogP contribution >= 0.6 is 0 Å². The first-order valence-corrected chi connectivity index (χ1v) is 10.2. The summed E-state index contributed by atoms with van der Waals surface area (Å²) in [5, 5.41) is 0. The third kappa shape index (κ3) is 5.73. The van der Waals surface area contributed by atoms with E-state index in [1.807, 2.05) is 13.8 Å². The van der Waals surface area contributed by atoms with Crippen LogP contribution in [0, 0.1) is 27.7 Å². The Balaban J connectivity index is 2.12. The third-order valence-corrected chi connectivity index (χ3v) is 5.04. The van der Waals surface area contributed by atoms with E-state index in [0.717, 1.165) is 24.3 Å². The Morgan fingerprint density at radius 3 is 1.18 bits per heavy atom. The maximum atomic E-state index is 5.98. The van der Waals surface area contributed by atoms with Gasteiger partial charge >= 0.3 is 0 Å². The molecule has 0 aromatic heterocycles. The molecule has 0 radical (unpaired) electrons. The van der Waals surface area contributed by atoms with Gasteiger partial charge in [-0.1, -0.05) is 24.3 Å². The lowest BCUT2D eigenvalue weighted by Gasteiger charge is -2.19.